The molecule has 0 radical (unpaired) electrons. The quantitative estimate of drug-likeness (QED) is 0.765. The van der Waals surface area contributed by atoms with Gasteiger partial charge >= 0.3 is 0 Å². The van der Waals surface area contributed by atoms with E-state index in [1.54, 1.807) is 0 Å². The maximum atomic E-state index is 12.1. The molecule has 110 valence electrons. The van der Waals surface area contributed by atoms with Gasteiger partial charge in [0, 0.05) is 13.1 Å². The van der Waals surface area contributed by atoms with Gasteiger partial charge in [-0.1, -0.05) is 19.9 Å². The molecule has 3 nitrogen and oxygen atoms in total. The van der Waals surface area contributed by atoms with E-state index >= 15 is 0 Å². The molecule has 0 spiro atoms. The number of carbonyl (C=O) groups excluding carboxylic acids is 1. The molecule has 0 aliphatic heterocycles. The summed E-state index contributed by atoms with van der Waals surface area (Å²) in [4.78, 5) is 14.0. The van der Waals surface area contributed by atoms with Crippen LogP contribution < -0.4 is 4.74 Å². The summed E-state index contributed by atoms with van der Waals surface area (Å²) >= 11 is 0. The van der Waals surface area contributed by atoms with Crippen molar-refractivity contribution < 1.29 is 9.53 Å². The summed E-state index contributed by atoms with van der Waals surface area (Å²) in [6, 6.07) is 6.22. The number of nitrogens with zero attached hydrogens (tertiary/aromatic N) is 1. The first-order valence-electron chi connectivity index (χ1n) is 7.77. The first kappa shape index (κ1) is 14.9. The van der Waals surface area contributed by atoms with Gasteiger partial charge in [-0.05, 0) is 55.4 Å². The van der Waals surface area contributed by atoms with Gasteiger partial charge in [0.25, 0.3) is 5.91 Å². The van der Waals surface area contributed by atoms with Crippen LogP contribution in [0.15, 0.2) is 18.2 Å². The van der Waals surface area contributed by atoms with Gasteiger partial charge in [-0.3, -0.25) is 4.79 Å². The van der Waals surface area contributed by atoms with Crippen molar-refractivity contribution in [2.75, 3.05) is 19.7 Å². The number of rotatable bonds is 7. The average molecular weight is 275 g/mol. The van der Waals surface area contributed by atoms with Gasteiger partial charge in [0.05, 0.1) is 0 Å². The topological polar surface area (TPSA) is 29.5 Å². The molecule has 1 aliphatic carbocycles. The molecule has 0 heterocycles. The third-order valence-corrected chi connectivity index (χ3v) is 3.77. The van der Waals surface area contributed by atoms with Crippen LogP contribution in [-0.2, 0) is 17.6 Å². The van der Waals surface area contributed by atoms with Crippen molar-refractivity contribution in [3.05, 3.63) is 29.3 Å². The van der Waals surface area contributed by atoms with Crippen LogP contribution in [-0.4, -0.2) is 30.5 Å². The van der Waals surface area contributed by atoms with Crippen molar-refractivity contribution in [2.45, 2.75) is 46.0 Å². The summed E-state index contributed by atoms with van der Waals surface area (Å²) in [5.41, 5.74) is 2.82. The van der Waals surface area contributed by atoms with Crippen LogP contribution in [0.3, 0.4) is 0 Å². The van der Waals surface area contributed by atoms with Crippen LogP contribution in [0.2, 0.25) is 0 Å². The minimum absolute atomic E-state index is 0.0919. The molecule has 20 heavy (non-hydrogen) atoms. The lowest BCUT2D eigenvalue weighted by atomic mass is 10.1. The maximum absolute atomic E-state index is 12.1. The number of amides is 1. The first-order chi connectivity index (χ1) is 9.74. The van der Waals surface area contributed by atoms with Crippen molar-refractivity contribution >= 4 is 5.91 Å². The molecule has 0 atom stereocenters. The van der Waals surface area contributed by atoms with E-state index in [4.69, 9.17) is 4.74 Å². The number of benzene rings is 1. The Bertz CT molecular complexity index is 450. The molecule has 1 aromatic carbocycles. The predicted molar refractivity (Wildman–Crippen MR) is 81.1 cm³/mol. The third-order valence-electron chi connectivity index (χ3n) is 3.77. The molecule has 0 bridgehead atoms. The predicted octanol–water partition coefficient (Wildman–Crippen LogP) is 3.20. The van der Waals surface area contributed by atoms with Crippen molar-refractivity contribution in [3.63, 3.8) is 0 Å². The number of hydrogen-bond donors (Lipinski definition) is 0. The van der Waals surface area contributed by atoms with E-state index in [0.717, 1.165) is 38.1 Å². The molecule has 0 saturated carbocycles. The molecule has 0 saturated heterocycles. The minimum atomic E-state index is 0.0919. The van der Waals surface area contributed by atoms with Crippen LogP contribution in [0, 0.1) is 0 Å². The Hall–Kier alpha value is -1.51. The number of ether oxygens (including phenoxy) is 1. The van der Waals surface area contributed by atoms with Crippen molar-refractivity contribution in [3.8, 4) is 5.75 Å². The highest BCUT2D eigenvalue weighted by Crippen LogP contribution is 2.25. The van der Waals surface area contributed by atoms with Gasteiger partial charge in [0.2, 0.25) is 0 Å². The number of fused-ring (bicyclic) bond motifs is 1. The van der Waals surface area contributed by atoms with Crippen LogP contribution in [0.25, 0.3) is 0 Å². The van der Waals surface area contributed by atoms with Crippen LogP contribution in [0.5, 0.6) is 5.75 Å². The zero-order chi connectivity index (χ0) is 14.4. The summed E-state index contributed by atoms with van der Waals surface area (Å²) in [5.74, 6) is 0.918. The molecule has 1 aromatic rings. The maximum Gasteiger partial charge on any atom is 0.260 e. The monoisotopic (exact) mass is 275 g/mol. The molecule has 1 amide bonds. The Labute approximate surface area is 121 Å². The minimum Gasteiger partial charge on any atom is -0.484 e. The molecule has 1 aliphatic rings. The van der Waals surface area contributed by atoms with Crippen LogP contribution in [0.4, 0.5) is 0 Å². The molecule has 0 fully saturated rings. The Balaban J connectivity index is 1.89. The fourth-order valence-corrected chi connectivity index (χ4v) is 2.78. The van der Waals surface area contributed by atoms with Crippen LogP contribution >= 0.6 is 0 Å². The number of hydrogen-bond acceptors (Lipinski definition) is 2. The highest BCUT2D eigenvalue weighted by molar-refractivity contribution is 5.77. The van der Waals surface area contributed by atoms with Gasteiger partial charge in [0.1, 0.15) is 5.75 Å². The van der Waals surface area contributed by atoms with Crippen molar-refractivity contribution in [2.24, 2.45) is 0 Å². The molecule has 0 aromatic heterocycles. The zero-order valence-corrected chi connectivity index (χ0v) is 12.7. The highest BCUT2D eigenvalue weighted by atomic mass is 16.5. The standard InChI is InChI=1S/C17H25NO2/c1-3-10-18(11-4-2)17(19)13-20-16-9-8-14-6-5-7-15(14)12-16/h8-9,12H,3-7,10-11,13H2,1-2H3. The lowest BCUT2D eigenvalue weighted by molar-refractivity contribution is -0.133. The Morgan fingerprint density at radius 1 is 1.15 bits per heavy atom. The van der Waals surface area contributed by atoms with E-state index in [1.807, 2.05) is 11.0 Å². The molecule has 0 N–H and O–H groups in total. The van der Waals surface area contributed by atoms with Gasteiger partial charge in [-0.25, -0.2) is 0 Å². The molecule has 3 heteroatoms. The van der Waals surface area contributed by atoms with Crippen molar-refractivity contribution in [1.82, 2.24) is 4.90 Å². The van der Waals surface area contributed by atoms with E-state index in [2.05, 4.69) is 26.0 Å². The largest absolute Gasteiger partial charge is 0.484 e. The third kappa shape index (κ3) is 3.75. The summed E-state index contributed by atoms with van der Waals surface area (Å²) in [6.45, 7) is 5.98. The number of aryl methyl sites for hydroxylation is 2. The summed E-state index contributed by atoms with van der Waals surface area (Å²) in [7, 11) is 0. The second-order valence-corrected chi connectivity index (χ2v) is 5.45. The lowest BCUT2D eigenvalue weighted by Crippen LogP contribution is -2.36. The van der Waals surface area contributed by atoms with E-state index in [9.17, 15) is 4.79 Å². The van der Waals surface area contributed by atoms with Gasteiger partial charge in [-0.15, -0.1) is 0 Å². The fourth-order valence-electron chi connectivity index (χ4n) is 2.78. The number of carbonyl (C=O) groups is 1. The second kappa shape index (κ2) is 7.32. The van der Waals surface area contributed by atoms with Gasteiger partial charge in [0.15, 0.2) is 6.61 Å². The zero-order valence-electron chi connectivity index (χ0n) is 12.7. The molecule has 2 rings (SSSR count). The van der Waals surface area contributed by atoms with Crippen molar-refractivity contribution in [1.29, 1.82) is 0 Å². The van der Waals surface area contributed by atoms with Crippen LogP contribution in [0.1, 0.15) is 44.2 Å². The summed E-state index contributed by atoms with van der Waals surface area (Å²) in [5, 5.41) is 0. The lowest BCUT2D eigenvalue weighted by Gasteiger charge is -2.21. The highest BCUT2D eigenvalue weighted by Gasteiger charge is 2.14. The van der Waals surface area contributed by atoms with Gasteiger partial charge < -0.3 is 9.64 Å². The van der Waals surface area contributed by atoms with Gasteiger partial charge in [-0.2, -0.15) is 0 Å². The second-order valence-electron chi connectivity index (χ2n) is 5.45. The summed E-state index contributed by atoms with van der Waals surface area (Å²) in [6.07, 6.45) is 5.53. The first-order valence-corrected chi connectivity index (χ1v) is 7.77. The Kier molecular flexibility index (Phi) is 5.45. The van der Waals surface area contributed by atoms with E-state index < -0.39 is 0 Å². The molecular formula is C17H25NO2. The Morgan fingerprint density at radius 3 is 2.55 bits per heavy atom. The normalized spacial score (nSPS) is 13.1. The molecule has 0 unspecified atom stereocenters. The van der Waals surface area contributed by atoms with E-state index in [1.165, 1.54) is 24.0 Å². The SMILES string of the molecule is CCCN(CCC)C(=O)COc1ccc2c(c1)CCC2. The molecular weight excluding hydrogens is 250 g/mol. The fraction of sp³-hybridized carbons (Fsp3) is 0.588. The average Bonchev–Trinajstić information content (AvgIpc) is 2.92. The van der Waals surface area contributed by atoms with E-state index in [0.29, 0.717) is 0 Å². The Morgan fingerprint density at radius 2 is 1.85 bits per heavy atom. The summed E-state index contributed by atoms with van der Waals surface area (Å²) < 4.78 is 5.68. The van der Waals surface area contributed by atoms with E-state index in [-0.39, 0.29) is 12.5 Å². The smallest absolute Gasteiger partial charge is 0.260 e.